The lowest BCUT2D eigenvalue weighted by molar-refractivity contribution is -0.172. The minimum Gasteiger partial charge on any atom is -0.454 e. The number of anilines is 1. The number of hydrogen-bond donors (Lipinski definition) is 0. The van der Waals surface area contributed by atoms with E-state index >= 15 is 0 Å². The molecule has 34 heavy (non-hydrogen) atoms. The Kier molecular flexibility index (Phi) is 4.35. The van der Waals surface area contributed by atoms with Crippen LogP contribution < -0.4 is 14.4 Å². The van der Waals surface area contributed by atoms with Gasteiger partial charge in [0.15, 0.2) is 17.5 Å². The van der Waals surface area contributed by atoms with Crippen LogP contribution in [0.4, 0.5) is 19.0 Å². The van der Waals surface area contributed by atoms with Gasteiger partial charge >= 0.3 is 6.18 Å². The highest BCUT2D eigenvalue weighted by Crippen LogP contribution is 2.41. The zero-order chi connectivity index (χ0) is 23.6. The Labute approximate surface area is 189 Å². The van der Waals surface area contributed by atoms with Crippen LogP contribution >= 0.6 is 0 Å². The molecule has 0 radical (unpaired) electrons. The van der Waals surface area contributed by atoms with Crippen LogP contribution in [0.3, 0.4) is 0 Å². The summed E-state index contributed by atoms with van der Waals surface area (Å²) in [6.45, 7) is 1.67. The lowest BCUT2D eigenvalue weighted by atomic mass is 10.0. The van der Waals surface area contributed by atoms with Crippen LogP contribution in [0.5, 0.6) is 11.5 Å². The zero-order valence-electron chi connectivity index (χ0n) is 17.7. The van der Waals surface area contributed by atoms with Crippen molar-refractivity contribution in [1.82, 2.24) is 19.9 Å². The predicted octanol–water partition coefficient (Wildman–Crippen LogP) is 4.28. The third kappa shape index (κ3) is 3.09. The van der Waals surface area contributed by atoms with E-state index in [2.05, 4.69) is 15.2 Å². The van der Waals surface area contributed by atoms with Gasteiger partial charge in [-0.25, -0.2) is 9.67 Å². The Balaban J connectivity index is 1.46. The molecule has 5 heterocycles. The van der Waals surface area contributed by atoms with Crippen molar-refractivity contribution in [3.05, 3.63) is 47.8 Å². The summed E-state index contributed by atoms with van der Waals surface area (Å²) in [6.07, 6.45) is -3.53. The van der Waals surface area contributed by atoms with Gasteiger partial charge in [-0.3, -0.25) is 9.69 Å². The number of carbonyl (C=O) groups is 1. The Bertz CT molecular complexity index is 1440. The van der Waals surface area contributed by atoms with Gasteiger partial charge < -0.3 is 14.0 Å². The van der Waals surface area contributed by atoms with E-state index in [1.807, 2.05) is 0 Å². The van der Waals surface area contributed by atoms with Crippen molar-refractivity contribution in [3.8, 4) is 22.8 Å². The summed E-state index contributed by atoms with van der Waals surface area (Å²) >= 11 is 0. The topological polar surface area (TPSA) is 95.5 Å². The van der Waals surface area contributed by atoms with E-state index in [1.54, 1.807) is 31.2 Å². The Morgan fingerprint density at radius 1 is 1.15 bits per heavy atom. The van der Waals surface area contributed by atoms with E-state index in [0.717, 1.165) is 4.68 Å². The van der Waals surface area contributed by atoms with Crippen molar-refractivity contribution >= 4 is 22.8 Å². The van der Waals surface area contributed by atoms with Crippen molar-refractivity contribution in [2.75, 3.05) is 18.2 Å². The molecule has 3 aromatic heterocycles. The molecule has 1 amide bonds. The summed E-state index contributed by atoms with van der Waals surface area (Å²) in [5.41, 5.74) is 1.85. The molecule has 2 aliphatic rings. The monoisotopic (exact) mass is 471 g/mol. The number of ether oxygens (including phenoxy) is 2. The van der Waals surface area contributed by atoms with Crippen LogP contribution in [0.1, 0.15) is 28.5 Å². The fourth-order valence-corrected chi connectivity index (χ4v) is 4.39. The maximum atomic E-state index is 13.7. The number of hydrogen-bond acceptors (Lipinski definition) is 7. The number of pyridine rings is 1. The zero-order valence-corrected chi connectivity index (χ0v) is 17.7. The van der Waals surface area contributed by atoms with Gasteiger partial charge in [0.25, 0.3) is 11.6 Å². The SMILES string of the molecule is Cc1cc(C(=O)N2CC[C@@H](C(F)(F)F)n3nccc32)c2c(-c3ccc4c(c3)OCO4)noc2n1. The summed E-state index contributed by atoms with van der Waals surface area (Å²) in [6, 6.07) is 6.38. The smallest absolute Gasteiger partial charge is 0.410 e. The number of halogens is 3. The molecule has 4 aromatic rings. The lowest BCUT2D eigenvalue weighted by Gasteiger charge is -2.34. The van der Waals surface area contributed by atoms with Gasteiger partial charge in [0.2, 0.25) is 6.79 Å². The Hall–Kier alpha value is -4.09. The molecular formula is C22H16F3N5O4. The summed E-state index contributed by atoms with van der Waals surface area (Å²) in [5.74, 6) is 0.688. The summed E-state index contributed by atoms with van der Waals surface area (Å²) in [5, 5.41) is 8.32. The van der Waals surface area contributed by atoms with Gasteiger partial charge in [-0.2, -0.15) is 18.3 Å². The number of benzene rings is 1. The largest absolute Gasteiger partial charge is 0.454 e. The average molecular weight is 471 g/mol. The quantitative estimate of drug-likeness (QED) is 0.431. The van der Waals surface area contributed by atoms with Crippen LogP contribution in [0.2, 0.25) is 0 Å². The number of aromatic nitrogens is 4. The minimum atomic E-state index is -4.47. The van der Waals surface area contributed by atoms with Gasteiger partial charge in [0.1, 0.15) is 11.5 Å². The van der Waals surface area contributed by atoms with E-state index < -0.39 is 18.1 Å². The van der Waals surface area contributed by atoms with Crippen molar-refractivity contribution in [2.24, 2.45) is 0 Å². The first-order valence-corrected chi connectivity index (χ1v) is 10.4. The molecule has 0 N–H and O–H groups in total. The summed E-state index contributed by atoms with van der Waals surface area (Å²) in [7, 11) is 0. The van der Waals surface area contributed by atoms with E-state index in [-0.39, 0.29) is 36.9 Å². The van der Waals surface area contributed by atoms with E-state index in [4.69, 9.17) is 14.0 Å². The third-order valence-corrected chi connectivity index (χ3v) is 5.92. The highest BCUT2D eigenvalue weighted by Gasteiger charge is 2.46. The molecule has 1 aromatic carbocycles. The minimum absolute atomic E-state index is 0.0715. The standard InChI is InChI=1S/C22H16F3N5O4/c1-11-8-13(21(31)29-7-5-16(22(23,24)25)30-17(29)4-6-26-30)18-19(28-34-20(18)27-11)12-2-3-14-15(9-12)33-10-32-14/h2-4,6,8-9,16H,5,7,10H2,1H3/t16-/m0/s1. The van der Waals surface area contributed by atoms with Gasteiger partial charge in [0, 0.05) is 23.9 Å². The molecule has 0 saturated carbocycles. The van der Waals surface area contributed by atoms with Crippen molar-refractivity contribution < 1.29 is 32.0 Å². The first kappa shape index (κ1) is 20.5. The second kappa shape index (κ2) is 7.20. The summed E-state index contributed by atoms with van der Waals surface area (Å²) in [4.78, 5) is 19.3. The van der Waals surface area contributed by atoms with Crippen LogP contribution in [0, 0.1) is 6.92 Å². The van der Waals surface area contributed by atoms with Crippen LogP contribution in [-0.2, 0) is 0 Å². The number of carbonyl (C=O) groups excluding carboxylic acids is 1. The molecule has 0 unspecified atom stereocenters. The predicted molar refractivity (Wildman–Crippen MR) is 112 cm³/mol. The number of nitrogens with zero attached hydrogens (tertiary/aromatic N) is 5. The molecule has 0 bridgehead atoms. The fourth-order valence-electron chi connectivity index (χ4n) is 4.39. The highest BCUT2D eigenvalue weighted by atomic mass is 19.4. The van der Waals surface area contributed by atoms with Gasteiger partial charge in [0.05, 0.1) is 17.1 Å². The van der Waals surface area contributed by atoms with Crippen LogP contribution in [0.15, 0.2) is 41.1 Å². The molecule has 0 aliphatic carbocycles. The number of rotatable bonds is 2. The van der Waals surface area contributed by atoms with Gasteiger partial charge in [-0.05, 0) is 37.6 Å². The third-order valence-electron chi connectivity index (χ3n) is 5.92. The molecule has 6 rings (SSSR count). The molecule has 0 spiro atoms. The van der Waals surface area contributed by atoms with Crippen LogP contribution in [0.25, 0.3) is 22.4 Å². The number of alkyl halides is 3. The maximum Gasteiger partial charge on any atom is 0.410 e. The van der Waals surface area contributed by atoms with Gasteiger partial charge in [-0.15, -0.1) is 0 Å². The second-order valence-electron chi connectivity index (χ2n) is 8.03. The maximum absolute atomic E-state index is 13.7. The molecular weight excluding hydrogens is 455 g/mol. The summed E-state index contributed by atoms with van der Waals surface area (Å²) < 4.78 is 57.5. The Morgan fingerprint density at radius 3 is 2.79 bits per heavy atom. The number of amides is 1. The normalized spacial score (nSPS) is 17.3. The van der Waals surface area contributed by atoms with Crippen molar-refractivity contribution in [1.29, 1.82) is 0 Å². The molecule has 1 atom stereocenters. The fraction of sp³-hybridized carbons (Fsp3) is 0.273. The molecule has 0 saturated heterocycles. The first-order valence-electron chi connectivity index (χ1n) is 10.4. The second-order valence-corrected chi connectivity index (χ2v) is 8.03. The van der Waals surface area contributed by atoms with Crippen molar-refractivity contribution in [3.63, 3.8) is 0 Å². The van der Waals surface area contributed by atoms with E-state index in [0.29, 0.717) is 33.8 Å². The molecule has 9 nitrogen and oxygen atoms in total. The highest BCUT2D eigenvalue weighted by molar-refractivity contribution is 6.15. The van der Waals surface area contributed by atoms with Gasteiger partial charge in [-0.1, -0.05) is 5.16 Å². The number of fused-ring (bicyclic) bond motifs is 3. The molecule has 2 aliphatic heterocycles. The van der Waals surface area contributed by atoms with E-state index in [1.165, 1.54) is 17.2 Å². The average Bonchev–Trinajstić information content (AvgIpc) is 3.54. The van der Waals surface area contributed by atoms with Crippen molar-refractivity contribution in [2.45, 2.75) is 25.6 Å². The first-order chi connectivity index (χ1) is 16.3. The number of aryl methyl sites for hydroxylation is 1. The lowest BCUT2D eigenvalue weighted by Crippen LogP contribution is -2.43. The molecule has 0 fully saturated rings. The molecule has 12 heteroatoms. The van der Waals surface area contributed by atoms with E-state index in [9.17, 15) is 18.0 Å². The molecule has 174 valence electrons. The van der Waals surface area contributed by atoms with Crippen LogP contribution in [-0.4, -0.2) is 45.3 Å². The Morgan fingerprint density at radius 2 is 1.97 bits per heavy atom.